The third-order valence-corrected chi connectivity index (χ3v) is 6.29. The Morgan fingerprint density at radius 3 is 2.46 bits per heavy atom. The van der Waals surface area contributed by atoms with E-state index in [0.29, 0.717) is 16.1 Å². The number of aromatic nitrogens is 2. The minimum atomic E-state index is -3.71. The number of sulfonamides is 1. The standard InChI is InChI=1S/C20H15N3O2S/c24-26(25,23-15-7-8-17-18(12-15)22-11-10-21-17)19-9-6-14-5-4-13-2-1-3-16(19)20(13)14/h1-3,6-12,23H,4-5H2. The number of aryl methyl sites for hydroxylation is 2. The molecule has 6 heteroatoms. The van der Waals surface area contributed by atoms with Crippen molar-refractivity contribution in [3.05, 3.63) is 72.1 Å². The van der Waals surface area contributed by atoms with Gasteiger partial charge in [-0.15, -0.1) is 0 Å². The SMILES string of the molecule is O=S(=O)(Nc1ccc2nccnc2c1)c1ccc2c3c(cccc13)CC2. The van der Waals surface area contributed by atoms with Crippen molar-refractivity contribution in [2.45, 2.75) is 17.7 Å². The van der Waals surface area contributed by atoms with Crippen LogP contribution in [0.5, 0.6) is 0 Å². The lowest BCUT2D eigenvalue weighted by Crippen LogP contribution is -2.13. The summed E-state index contributed by atoms with van der Waals surface area (Å²) in [4.78, 5) is 8.74. The van der Waals surface area contributed by atoms with Gasteiger partial charge in [-0.25, -0.2) is 8.42 Å². The summed E-state index contributed by atoms with van der Waals surface area (Å²) in [6.07, 6.45) is 5.13. The number of hydrogen-bond donors (Lipinski definition) is 1. The van der Waals surface area contributed by atoms with Crippen LogP contribution in [0.15, 0.2) is 65.8 Å². The fraction of sp³-hybridized carbons (Fsp3) is 0.100. The maximum absolute atomic E-state index is 13.0. The first-order valence-electron chi connectivity index (χ1n) is 8.39. The van der Waals surface area contributed by atoms with Gasteiger partial charge in [0, 0.05) is 17.8 Å². The van der Waals surface area contributed by atoms with Crippen LogP contribution in [0.3, 0.4) is 0 Å². The maximum atomic E-state index is 13.0. The molecular weight excluding hydrogens is 346 g/mol. The predicted octanol–water partition coefficient (Wildman–Crippen LogP) is 3.68. The number of benzene rings is 3. The zero-order valence-corrected chi connectivity index (χ0v) is 14.6. The molecule has 0 bridgehead atoms. The second-order valence-electron chi connectivity index (χ2n) is 6.43. The van der Waals surface area contributed by atoms with Crippen molar-refractivity contribution in [1.29, 1.82) is 0 Å². The van der Waals surface area contributed by atoms with Gasteiger partial charge in [-0.2, -0.15) is 0 Å². The average Bonchev–Trinajstić information content (AvgIpc) is 3.07. The number of nitrogens with zero attached hydrogens (tertiary/aromatic N) is 2. The molecule has 0 atom stereocenters. The van der Waals surface area contributed by atoms with Crippen molar-refractivity contribution < 1.29 is 8.42 Å². The molecule has 5 rings (SSSR count). The van der Waals surface area contributed by atoms with Gasteiger partial charge in [-0.3, -0.25) is 14.7 Å². The minimum Gasteiger partial charge on any atom is -0.280 e. The monoisotopic (exact) mass is 361 g/mol. The average molecular weight is 361 g/mol. The summed E-state index contributed by atoms with van der Waals surface area (Å²) in [5.74, 6) is 0. The molecule has 128 valence electrons. The lowest BCUT2D eigenvalue weighted by molar-refractivity contribution is 0.602. The fourth-order valence-electron chi connectivity index (χ4n) is 3.69. The highest BCUT2D eigenvalue weighted by Gasteiger charge is 2.22. The summed E-state index contributed by atoms with van der Waals surface area (Å²) in [7, 11) is -3.71. The van der Waals surface area contributed by atoms with E-state index < -0.39 is 10.0 Å². The molecule has 0 unspecified atom stereocenters. The van der Waals surface area contributed by atoms with E-state index >= 15 is 0 Å². The molecule has 26 heavy (non-hydrogen) atoms. The summed E-state index contributed by atoms with van der Waals surface area (Å²) >= 11 is 0. The molecule has 1 N–H and O–H groups in total. The van der Waals surface area contributed by atoms with E-state index in [2.05, 4.69) is 20.8 Å². The third-order valence-electron chi connectivity index (χ3n) is 4.85. The highest BCUT2D eigenvalue weighted by Crippen LogP contribution is 2.35. The van der Waals surface area contributed by atoms with Gasteiger partial charge < -0.3 is 0 Å². The third kappa shape index (κ3) is 2.34. The van der Waals surface area contributed by atoms with Gasteiger partial charge in [-0.1, -0.05) is 24.3 Å². The predicted molar refractivity (Wildman–Crippen MR) is 102 cm³/mol. The van der Waals surface area contributed by atoms with Crippen molar-refractivity contribution >= 4 is 37.5 Å². The Morgan fingerprint density at radius 2 is 1.62 bits per heavy atom. The number of fused-ring (bicyclic) bond motifs is 1. The van der Waals surface area contributed by atoms with Crippen LogP contribution in [0.25, 0.3) is 21.8 Å². The van der Waals surface area contributed by atoms with E-state index in [9.17, 15) is 8.42 Å². The molecule has 1 aliphatic rings. The van der Waals surface area contributed by atoms with Gasteiger partial charge in [0.1, 0.15) is 0 Å². The zero-order chi connectivity index (χ0) is 17.7. The Bertz CT molecular complexity index is 1270. The quantitative estimate of drug-likeness (QED) is 0.604. The van der Waals surface area contributed by atoms with Crippen molar-refractivity contribution in [3.63, 3.8) is 0 Å². The van der Waals surface area contributed by atoms with Crippen LogP contribution >= 0.6 is 0 Å². The van der Waals surface area contributed by atoms with E-state index in [1.54, 1.807) is 36.7 Å². The fourth-order valence-corrected chi connectivity index (χ4v) is 4.95. The Morgan fingerprint density at radius 1 is 0.846 bits per heavy atom. The first-order valence-corrected chi connectivity index (χ1v) is 9.87. The van der Waals surface area contributed by atoms with Crippen molar-refractivity contribution in [2.24, 2.45) is 0 Å². The summed E-state index contributed by atoms with van der Waals surface area (Å²) < 4.78 is 28.8. The van der Waals surface area contributed by atoms with E-state index in [4.69, 9.17) is 0 Å². The maximum Gasteiger partial charge on any atom is 0.262 e. The highest BCUT2D eigenvalue weighted by molar-refractivity contribution is 7.93. The van der Waals surface area contributed by atoms with E-state index in [-0.39, 0.29) is 0 Å². The van der Waals surface area contributed by atoms with Gasteiger partial charge in [0.25, 0.3) is 10.0 Å². The van der Waals surface area contributed by atoms with Crippen LogP contribution in [-0.2, 0) is 22.9 Å². The van der Waals surface area contributed by atoms with Crippen LogP contribution in [0, 0.1) is 0 Å². The first kappa shape index (κ1) is 15.3. The first-order chi connectivity index (χ1) is 12.6. The second-order valence-corrected chi connectivity index (χ2v) is 8.08. The molecule has 1 aromatic heterocycles. The molecule has 0 amide bonds. The molecule has 0 aliphatic heterocycles. The van der Waals surface area contributed by atoms with Crippen molar-refractivity contribution in [1.82, 2.24) is 9.97 Å². The summed E-state index contributed by atoms with van der Waals surface area (Å²) in [5, 5.41) is 1.87. The molecule has 4 aromatic rings. The number of hydrogen-bond acceptors (Lipinski definition) is 4. The van der Waals surface area contributed by atoms with Gasteiger partial charge >= 0.3 is 0 Å². The Hall–Kier alpha value is -2.99. The molecule has 5 nitrogen and oxygen atoms in total. The van der Waals surface area contributed by atoms with E-state index in [0.717, 1.165) is 29.1 Å². The van der Waals surface area contributed by atoms with Crippen LogP contribution in [0.1, 0.15) is 11.1 Å². The largest absolute Gasteiger partial charge is 0.280 e. The highest BCUT2D eigenvalue weighted by atomic mass is 32.2. The van der Waals surface area contributed by atoms with E-state index in [1.807, 2.05) is 18.2 Å². The number of anilines is 1. The molecule has 1 aliphatic carbocycles. The van der Waals surface area contributed by atoms with E-state index in [1.165, 1.54) is 11.1 Å². The molecule has 1 heterocycles. The van der Waals surface area contributed by atoms with Crippen LogP contribution in [0.2, 0.25) is 0 Å². The van der Waals surface area contributed by atoms with Crippen LogP contribution in [-0.4, -0.2) is 18.4 Å². The smallest absolute Gasteiger partial charge is 0.262 e. The molecule has 0 radical (unpaired) electrons. The van der Waals surface area contributed by atoms with Crippen LogP contribution in [0.4, 0.5) is 5.69 Å². The molecule has 0 fully saturated rings. The molecule has 0 spiro atoms. The second kappa shape index (κ2) is 5.51. The molecule has 0 saturated carbocycles. The topological polar surface area (TPSA) is 72.0 Å². The Kier molecular flexibility index (Phi) is 3.24. The summed E-state index contributed by atoms with van der Waals surface area (Å²) in [6, 6.07) is 14.7. The summed E-state index contributed by atoms with van der Waals surface area (Å²) in [6.45, 7) is 0. The van der Waals surface area contributed by atoms with Crippen molar-refractivity contribution in [2.75, 3.05) is 4.72 Å². The van der Waals surface area contributed by atoms with Gasteiger partial charge in [0.05, 0.1) is 21.6 Å². The van der Waals surface area contributed by atoms with Crippen molar-refractivity contribution in [3.8, 4) is 0 Å². The Labute approximate surface area is 150 Å². The molecular formula is C20H15N3O2S. The minimum absolute atomic E-state index is 0.305. The van der Waals surface area contributed by atoms with Gasteiger partial charge in [0.2, 0.25) is 0 Å². The number of rotatable bonds is 3. The zero-order valence-electron chi connectivity index (χ0n) is 13.8. The van der Waals surface area contributed by atoms with Gasteiger partial charge in [0.15, 0.2) is 0 Å². The summed E-state index contributed by atoms with van der Waals surface area (Å²) in [5.41, 5.74) is 4.28. The number of nitrogens with one attached hydrogen (secondary N) is 1. The lowest BCUT2D eigenvalue weighted by Gasteiger charge is -2.12. The Balaban J connectivity index is 1.62. The molecule has 0 saturated heterocycles. The normalized spacial score (nSPS) is 13.4. The molecule has 3 aromatic carbocycles. The lowest BCUT2D eigenvalue weighted by atomic mass is 10.1. The van der Waals surface area contributed by atoms with Gasteiger partial charge in [-0.05, 0) is 53.6 Å². The van der Waals surface area contributed by atoms with Crippen LogP contribution < -0.4 is 4.72 Å².